The van der Waals surface area contributed by atoms with Crippen LogP contribution in [0.2, 0.25) is 5.02 Å². The number of aliphatic hydroxyl groups is 1. The molecule has 1 aromatic rings. The second-order valence-corrected chi connectivity index (χ2v) is 3.35. The van der Waals surface area contributed by atoms with Gasteiger partial charge in [-0.25, -0.2) is 10.6 Å². The predicted octanol–water partition coefficient (Wildman–Crippen LogP) is 0.502. The minimum Gasteiger partial charge on any atom is -0.603 e. The van der Waals surface area contributed by atoms with Crippen LogP contribution in [0.5, 0.6) is 0 Å². The highest BCUT2D eigenvalue weighted by Crippen LogP contribution is 2.30. The van der Waals surface area contributed by atoms with Gasteiger partial charge in [0, 0.05) is 0 Å². The van der Waals surface area contributed by atoms with Crippen molar-refractivity contribution in [1.82, 2.24) is 0 Å². The molecule has 0 bridgehead atoms. The second kappa shape index (κ2) is 3.06. The average Bonchev–Trinajstić information content (AvgIpc) is 2.08. The van der Waals surface area contributed by atoms with Crippen LogP contribution in [0.4, 0.5) is 11.4 Å². The molecule has 1 aromatic carbocycles. The molecule has 1 aliphatic heterocycles. The maximum atomic E-state index is 11.0. The van der Waals surface area contributed by atoms with Gasteiger partial charge in [-0.2, -0.15) is 0 Å². The van der Waals surface area contributed by atoms with Crippen molar-refractivity contribution in [2.24, 2.45) is 0 Å². The number of halogens is 1. The van der Waals surface area contributed by atoms with Gasteiger partial charge >= 0.3 is 0 Å². The van der Waals surface area contributed by atoms with Crippen LogP contribution in [-0.2, 0) is 0 Å². The first-order chi connectivity index (χ1) is 6.58. The fourth-order valence-corrected chi connectivity index (χ4v) is 1.44. The van der Waals surface area contributed by atoms with Gasteiger partial charge in [0.05, 0.1) is 22.0 Å². The van der Waals surface area contributed by atoms with E-state index >= 15 is 0 Å². The number of nitrogens with one attached hydrogen (secondary N) is 2. The highest BCUT2D eigenvalue weighted by molar-refractivity contribution is 6.33. The zero-order chi connectivity index (χ0) is 10.3. The lowest BCUT2D eigenvalue weighted by molar-refractivity contribution is -0.765. The summed E-state index contributed by atoms with van der Waals surface area (Å²) >= 11 is 5.76. The van der Waals surface area contributed by atoms with Gasteiger partial charge in [-0.05, 0) is 12.1 Å². The van der Waals surface area contributed by atoms with Crippen molar-refractivity contribution in [3.63, 3.8) is 0 Å². The highest BCUT2D eigenvalue weighted by Gasteiger charge is 2.17. The first-order valence-electron chi connectivity index (χ1n) is 3.89. The quantitative estimate of drug-likeness (QED) is 0.374. The van der Waals surface area contributed by atoms with E-state index in [-0.39, 0.29) is 10.9 Å². The second-order valence-electron chi connectivity index (χ2n) is 2.94. The van der Waals surface area contributed by atoms with E-state index in [4.69, 9.17) is 17.3 Å². The van der Waals surface area contributed by atoms with Gasteiger partial charge in [-0.15, -0.1) is 0 Å². The third kappa shape index (κ3) is 1.37. The van der Waals surface area contributed by atoms with Gasteiger partial charge in [0.2, 0.25) is 0 Å². The summed E-state index contributed by atoms with van der Waals surface area (Å²) in [7, 11) is 0. The van der Waals surface area contributed by atoms with Gasteiger partial charge < -0.3 is 16.0 Å². The normalized spacial score (nSPS) is 19.6. The molecule has 0 amide bonds. The van der Waals surface area contributed by atoms with E-state index in [1.54, 1.807) is 0 Å². The molecule has 14 heavy (non-hydrogen) atoms. The van der Waals surface area contributed by atoms with Crippen LogP contribution in [0.25, 0.3) is 5.76 Å². The fraction of sp³-hybridized carbons (Fsp3) is 0. The topological polar surface area (TPSA) is 85.8 Å². The number of quaternary nitrogens is 1. The molecule has 0 spiro atoms. The van der Waals surface area contributed by atoms with E-state index < -0.39 is 0 Å². The van der Waals surface area contributed by atoms with Crippen molar-refractivity contribution in [3.8, 4) is 0 Å². The molecular formula is C8H8ClN3O2. The maximum Gasteiger partial charge on any atom is 0.181 e. The van der Waals surface area contributed by atoms with Crippen molar-refractivity contribution >= 4 is 28.7 Å². The zero-order valence-electron chi connectivity index (χ0n) is 7.04. The highest BCUT2D eigenvalue weighted by atomic mass is 35.5. The Morgan fingerprint density at radius 3 is 2.93 bits per heavy atom. The number of nitrogens with two attached hydrogens (primary N) is 1. The number of hydrogen-bond acceptors (Lipinski definition) is 4. The third-order valence-corrected chi connectivity index (χ3v) is 2.27. The Hall–Kier alpha value is -1.43. The predicted molar refractivity (Wildman–Crippen MR) is 54.4 cm³/mol. The number of hydrogen-bond donors (Lipinski definition) is 4. The first-order valence-corrected chi connectivity index (χ1v) is 4.27. The Bertz CT molecular complexity index is 419. The average molecular weight is 214 g/mol. The molecule has 0 saturated heterocycles. The molecular weight excluding hydrogens is 206 g/mol. The number of aliphatic hydroxyl groups excluding tert-OH is 1. The number of benzene rings is 1. The third-order valence-electron chi connectivity index (χ3n) is 1.94. The molecule has 0 radical (unpaired) electrons. The van der Waals surface area contributed by atoms with Crippen LogP contribution < -0.4 is 16.3 Å². The van der Waals surface area contributed by atoms with Crippen LogP contribution in [0.1, 0.15) is 5.56 Å². The van der Waals surface area contributed by atoms with E-state index in [2.05, 4.69) is 5.43 Å². The first kappa shape index (κ1) is 9.14. The Balaban J connectivity index is 2.59. The molecule has 6 heteroatoms. The summed E-state index contributed by atoms with van der Waals surface area (Å²) in [6.45, 7) is 0. The zero-order valence-corrected chi connectivity index (χ0v) is 7.80. The molecule has 5 nitrogen and oxygen atoms in total. The summed E-state index contributed by atoms with van der Waals surface area (Å²) < 4.78 is 0. The lowest BCUT2D eigenvalue weighted by atomic mass is 10.1. The van der Waals surface area contributed by atoms with Crippen molar-refractivity contribution in [3.05, 3.63) is 34.1 Å². The Morgan fingerprint density at radius 1 is 1.50 bits per heavy atom. The maximum absolute atomic E-state index is 11.0. The SMILES string of the molecule is Nc1cc2c(cc1Cl)N[NH+]([O-])C=C2O. The van der Waals surface area contributed by atoms with Crippen LogP contribution in [0.3, 0.4) is 0 Å². The molecule has 1 aliphatic rings. The van der Waals surface area contributed by atoms with Gasteiger partial charge in [0.1, 0.15) is 0 Å². The fourth-order valence-electron chi connectivity index (χ4n) is 1.28. The Morgan fingerprint density at radius 2 is 2.21 bits per heavy atom. The van der Waals surface area contributed by atoms with Crippen molar-refractivity contribution < 1.29 is 10.3 Å². The number of anilines is 2. The summed E-state index contributed by atoms with van der Waals surface area (Å²) in [4.78, 5) is 0. The lowest BCUT2D eigenvalue weighted by Gasteiger charge is -2.25. The molecule has 2 rings (SSSR count). The summed E-state index contributed by atoms with van der Waals surface area (Å²) in [5.74, 6) is -0.105. The van der Waals surface area contributed by atoms with Crippen molar-refractivity contribution in [2.75, 3.05) is 11.2 Å². The summed E-state index contributed by atoms with van der Waals surface area (Å²) in [6, 6.07) is 3.02. The molecule has 5 N–H and O–H groups in total. The van der Waals surface area contributed by atoms with Crippen molar-refractivity contribution in [1.29, 1.82) is 0 Å². The lowest BCUT2D eigenvalue weighted by Crippen LogP contribution is -3.06. The van der Waals surface area contributed by atoms with E-state index in [1.165, 1.54) is 12.1 Å². The molecule has 74 valence electrons. The minimum atomic E-state index is -0.379. The number of hydroxylamine groups is 1. The van der Waals surface area contributed by atoms with Gasteiger partial charge in [0.25, 0.3) is 0 Å². The molecule has 0 aromatic heterocycles. The number of fused-ring (bicyclic) bond motifs is 1. The Labute approximate surface area is 84.9 Å². The Kier molecular flexibility index (Phi) is 1.99. The van der Waals surface area contributed by atoms with E-state index in [0.29, 0.717) is 22.0 Å². The van der Waals surface area contributed by atoms with Crippen LogP contribution in [0.15, 0.2) is 18.3 Å². The number of rotatable bonds is 0. The monoisotopic (exact) mass is 213 g/mol. The van der Waals surface area contributed by atoms with E-state index in [0.717, 1.165) is 6.20 Å². The van der Waals surface area contributed by atoms with Gasteiger partial charge in [0.15, 0.2) is 12.0 Å². The molecule has 0 saturated carbocycles. The smallest absolute Gasteiger partial charge is 0.181 e. The minimum absolute atomic E-state index is 0.105. The number of nitrogen functional groups attached to an aromatic ring is 1. The standard InChI is InChI=1S/C8H8ClN3O2/c9-5-2-7-4(1-6(5)10)8(13)3-12(14)11-7/h1-3,11-13H,10H2. The van der Waals surface area contributed by atoms with Gasteiger partial charge in [-0.1, -0.05) is 11.6 Å². The molecule has 1 unspecified atom stereocenters. The largest absolute Gasteiger partial charge is 0.603 e. The summed E-state index contributed by atoms with van der Waals surface area (Å²) in [5.41, 5.74) is 9.41. The van der Waals surface area contributed by atoms with Gasteiger partial charge in [-0.3, -0.25) is 0 Å². The summed E-state index contributed by atoms with van der Waals surface area (Å²) in [5, 5.41) is 20.4. The van der Waals surface area contributed by atoms with Crippen molar-refractivity contribution in [2.45, 2.75) is 0 Å². The van der Waals surface area contributed by atoms with Crippen LogP contribution >= 0.6 is 11.6 Å². The molecule has 0 aliphatic carbocycles. The summed E-state index contributed by atoms with van der Waals surface area (Å²) in [6.07, 6.45) is 1.09. The van der Waals surface area contributed by atoms with Crippen LogP contribution in [0, 0.1) is 5.21 Å². The molecule has 1 atom stereocenters. The molecule has 1 heterocycles. The van der Waals surface area contributed by atoms with E-state index in [9.17, 15) is 10.3 Å². The molecule has 0 fully saturated rings. The van der Waals surface area contributed by atoms with E-state index in [1.807, 2.05) is 0 Å². The van der Waals surface area contributed by atoms with Crippen LogP contribution in [-0.4, -0.2) is 5.11 Å².